The highest BCUT2D eigenvalue weighted by molar-refractivity contribution is 6.31. The van der Waals surface area contributed by atoms with E-state index in [4.69, 9.17) is 17.3 Å². The molecule has 1 amide bonds. The number of anilines is 1. The average molecular weight is 289 g/mol. The first-order valence-corrected chi connectivity index (χ1v) is 6.26. The van der Waals surface area contributed by atoms with Gasteiger partial charge in [-0.05, 0) is 43.9 Å². The molecule has 2 atom stereocenters. The molecule has 3 nitrogen and oxygen atoms in total. The summed E-state index contributed by atoms with van der Waals surface area (Å²) in [5, 5.41) is 3.57. The molecule has 1 aliphatic rings. The van der Waals surface area contributed by atoms with Crippen molar-refractivity contribution in [3.63, 3.8) is 0 Å². The molecule has 0 heterocycles. The van der Waals surface area contributed by atoms with Gasteiger partial charge in [-0.25, -0.2) is 0 Å². The van der Waals surface area contributed by atoms with Crippen molar-refractivity contribution in [1.29, 1.82) is 0 Å². The van der Waals surface area contributed by atoms with Crippen LogP contribution in [0.5, 0.6) is 0 Å². The number of nitrogens with two attached hydrogens (primary N) is 1. The van der Waals surface area contributed by atoms with Gasteiger partial charge < -0.3 is 11.1 Å². The fourth-order valence-electron chi connectivity index (χ4n) is 2.17. The second kappa shape index (κ2) is 6.41. The topological polar surface area (TPSA) is 55.1 Å². The molecule has 1 fully saturated rings. The zero-order valence-electron chi connectivity index (χ0n) is 10.3. The van der Waals surface area contributed by atoms with E-state index in [9.17, 15) is 4.79 Å². The third-order valence-corrected chi connectivity index (χ3v) is 3.69. The highest BCUT2D eigenvalue weighted by Gasteiger charge is 2.27. The molecule has 5 heteroatoms. The Labute approximate surface area is 118 Å². The van der Waals surface area contributed by atoms with Crippen molar-refractivity contribution in [1.82, 2.24) is 0 Å². The summed E-state index contributed by atoms with van der Waals surface area (Å²) in [5.41, 5.74) is 7.56. The standard InChI is InChI=1S/C13H17ClN2O.ClH/c1-8-2-5-11(7-12(8)14)16-13(17)9-3-4-10(15)6-9;/h2,5,7,9-10H,3-4,6,15H2,1H3,(H,16,17);1H. The molecule has 2 rings (SSSR count). The molecule has 1 aliphatic carbocycles. The van der Waals surface area contributed by atoms with Crippen LogP contribution in [0.4, 0.5) is 5.69 Å². The predicted octanol–water partition coefficient (Wildman–Crippen LogP) is 3.14. The lowest BCUT2D eigenvalue weighted by Gasteiger charge is -2.11. The number of amides is 1. The van der Waals surface area contributed by atoms with Gasteiger partial charge in [-0.2, -0.15) is 0 Å². The van der Waals surface area contributed by atoms with Gasteiger partial charge in [-0.15, -0.1) is 12.4 Å². The van der Waals surface area contributed by atoms with Crippen LogP contribution < -0.4 is 11.1 Å². The van der Waals surface area contributed by atoms with Gasteiger partial charge in [0.2, 0.25) is 5.91 Å². The van der Waals surface area contributed by atoms with Crippen molar-refractivity contribution in [3.8, 4) is 0 Å². The molecule has 0 spiro atoms. The van der Waals surface area contributed by atoms with E-state index in [-0.39, 0.29) is 30.3 Å². The van der Waals surface area contributed by atoms with Crippen LogP contribution in [0.3, 0.4) is 0 Å². The van der Waals surface area contributed by atoms with Crippen molar-refractivity contribution in [2.75, 3.05) is 5.32 Å². The van der Waals surface area contributed by atoms with Crippen molar-refractivity contribution in [2.24, 2.45) is 11.7 Å². The lowest BCUT2D eigenvalue weighted by atomic mass is 10.1. The second-order valence-corrected chi connectivity index (χ2v) is 5.13. The van der Waals surface area contributed by atoms with Gasteiger partial charge in [0.25, 0.3) is 0 Å². The number of carbonyl (C=O) groups is 1. The van der Waals surface area contributed by atoms with E-state index >= 15 is 0 Å². The van der Waals surface area contributed by atoms with E-state index in [0.717, 1.165) is 30.5 Å². The van der Waals surface area contributed by atoms with Gasteiger partial charge in [-0.1, -0.05) is 17.7 Å². The highest BCUT2D eigenvalue weighted by Crippen LogP contribution is 2.26. The van der Waals surface area contributed by atoms with Gasteiger partial charge >= 0.3 is 0 Å². The number of benzene rings is 1. The van der Waals surface area contributed by atoms with E-state index in [1.54, 1.807) is 6.07 Å². The van der Waals surface area contributed by atoms with Crippen molar-refractivity contribution >= 4 is 35.6 Å². The van der Waals surface area contributed by atoms with Crippen LogP contribution in [0.1, 0.15) is 24.8 Å². The molecule has 0 radical (unpaired) electrons. The quantitative estimate of drug-likeness (QED) is 0.878. The molecule has 3 N–H and O–H groups in total. The first kappa shape index (κ1) is 15.3. The van der Waals surface area contributed by atoms with Gasteiger partial charge in [-0.3, -0.25) is 4.79 Å². The number of halogens is 2. The molecule has 1 aromatic rings. The molecular weight excluding hydrogens is 271 g/mol. The molecule has 0 aliphatic heterocycles. The zero-order chi connectivity index (χ0) is 12.4. The number of carbonyl (C=O) groups excluding carboxylic acids is 1. The molecular formula is C13H18Cl2N2O. The smallest absolute Gasteiger partial charge is 0.227 e. The van der Waals surface area contributed by atoms with Crippen LogP contribution >= 0.6 is 24.0 Å². The Morgan fingerprint density at radius 3 is 2.72 bits per heavy atom. The fraction of sp³-hybridized carbons (Fsp3) is 0.462. The van der Waals surface area contributed by atoms with E-state index in [1.807, 2.05) is 19.1 Å². The summed E-state index contributed by atoms with van der Waals surface area (Å²) in [6.07, 6.45) is 2.60. The van der Waals surface area contributed by atoms with Gasteiger partial charge in [0, 0.05) is 22.7 Å². The summed E-state index contributed by atoms with van der Waals surface area (Å²) in [4.78, 5) is 11.9. The van der Waals surface area contributed by atoms with E-state index in [2.05, 4.69) is 5.32 Å². The van der Waals surface area contributed by atoms with Crippen LogP contribution in [0.25, 0.3) is 0 Å². The summed E-state index contributed by atoms with van der Waals surface area (Å²) < 4.78 is 0. The lowest BCUT2D eigenvalue weighted by Crippen LogP contribution is -2.23. The monoisotopic (exact) mass is 288 g/mol. The van der Waals surface area contributed by atoms with Crippen molar-refractivity contribution in [3.05, 3.63) is 28.8 Å². The van der Waals surface area contributed by atoms with Gasteiger partial charge in [0.1, 0.15) is 0 Å². The first-order valence-electron chi connectivity index (χ1n) is 5.89. The third kappa shape index (κ3) is 3.61. The van der Waals surface area contributed by atoms with Crippen LogP contribution in [-0.4, -0.2) is 11.9 Å². The Balaban J connectivity index is 0.00000162. The Morgan fingerprint density at radius 1 is 1.44 bits per heavy atom. The summed E-state index contributed by atoms with van der Waals surface area (Å²) in [5.74, 6) is 0.1000. The van der Waals surface area contributed by atoms with Crippen LogP contribution in [0, 0.1) is 12.8 Å². The zero-order valence-corrected chi connectivity index (χ0v) is 11.9. The summed E-state index contributed by atoms with van der Waals surface area (Å²) in [7, 11) is 0. The number of hydrogen-bond acceptors (Lipinski definition) is 2. The van der Waals surface area contributed by atoms with E-state index < -0.39 is 0 Å². The Kier molecular flexibility index (Phi) is 5.45. The fourth-order valence-corrected chi connectivity index (χ4v) is 2.35. The van der Waals surface area contributed by atoms with Gasteiger partial charge in [0.05, 0.1) is 0 Å². The lowest BCUT2D eigenvalue weighted by molar-refractivity contribution is -0.119. The maximum atomic E-state index is 11.9. The van der Waals surface area contributed by atoms with Crippen LogP contribution in [-0.2, 0) is 4.79 Å². The molecule has 18 heavy (non-hydrogen) atoms. The summed E-state index contributed by atoms with van der Waals surface area (Å²) >= 11 is 6.01. The Morgan fingerprint density at radius 2 is 2.17 bits per heavy atom. The molecule has 0 bridgehead atoms. The number of aryl methyl sites for hydroxylation is 1. The van der Waals surface area contributed by atoms with Gasteiger partial charge in [0.15, 0.2) is 0 Å². The normalized spacial score (nSPS) is 22.4. The maximum Gasteiger partial charge on any atom is 0.227 e. The number of rotatable bonds is 2. The van der Waals surface area contributed by atoms with Crippen molar-refractivity contribution in [2.45, 2.75) is 32.2 Å². The highest BCUT2D eigenvalue weighted by atomic mass is 35.5. The molecule has 1 saturated carbocycles. The largest absolute Gasteiger partial charge is 0.328 e. The summed E-state index contributed by atoms with van der Waals surface area (Å²) in [6, 6.07) is 5.73. The molecule has 2 unspecified atom stereocenters. The molecule has 100 valence electrons. The minimum Gasteiger partial charge on any atom is -0.328 e. The second-order valence-electron chi connectivity index (χ2n) is 4.72. The Bertz CT molecular complexity index is 437. The predicted molar refractivity (Wildman–Crippen MR) is 77.4 cm³/mol. The van der Waals surface area contributed by atoms with Crippen LogP contribution in [0.15, 0.2) is 18.2 Å². The summed E-state index contributed by atoms with van der Waals surface area (Å²) in [6.45, 7) is 1.93. The molecule has 1 aromatic carbocycles. The van der Waals surface area contributed by atoms with Crippen LogP contribution in [0.2, 0.25) is 5.02 Å². The average Bonchev–Trinajstić information content (AvgIpc) is 2.70. The molecule has 0 aromatic heterocycles. The molecule has 0 saturated heterocycles. The Hall–Kier alpha value is -0.770. The van der Waals surface area contributed by atoms with Crippen molar-refractivity contribution < 1.29 is 4.79 Å². The number of hydrogen-bond donors (Lipinski definition) is 2. The van der Waals surface area contributed by atoms with E-state index in [1.165, 1.54) is 0 Å². The van der Waals surface area contributed by atoms with E-state index in [0.29, 0.717) is 5.02 Å². The maximum absolute atomic E-state index is 11.9. The minimum atomic E-state index is 0. The third-order valence-electron chi connectivity index (χ3n) is 3.28. The minimum absolute atomic E-state index is 0. The SMILES string of the molecule is Cc1ccc(NC(=O)C2CCC(N)C2)cc1Cl.Cl. The number of nitrogens with one attached hydrogen (secondary N) is 1. The first-order chi connectivity index (χ1) is 8.06.